The molecule has 142 valence electrons. The normalized spacial score (nSPS) is 12.1. The number of hydrogen-bond acceptors (Lipinski definition) is 3. The van der Waals surface area contributed by atoms with Crippen LogP contribution in [-0.2, 0) is 15.7 Å². The Morgan fingerprint density at radius 1 is 0.960 bits per heavy atom. The highest BCUT2D eigenvalue weighted by molar-refractivity contribution is 7.09. The Morgan fingerprint density at radius 2 is 1.60 bits per heavy atom. The van der Waals surface area contributed by atoms with E-state index in [-0.39, 0.29) is 5.97 Å². The molecule has 25 heavy (non-hydrogen) atoms. The van der Waals surface area contributed by atoms with E-state index >= 15 is 0 Å². The van der Waals surface area contributed by atoms with Gasteiger partial charge < -0.3 is 9.26 Å². The fourth-order valence-electron chi connectivity index (χ4n) is 2.89. The molecule has 0 bridgehead atoms. The molecule has 0 heterocycles. The van der Waals surface area contributed by atoms with Crippen molar-refractivity contribution in [2.45, 2.75) is 90.6 Å². The maximum Gasteiger partial charge on any atom is 0.340 e. The molecule has 0 saturated carbocycles. The van der Waals surface area contributed by atoms with Crippen molar-refractivity contribution in [3.63, 3.8) is 0 Å². The number of hydrogen-bond donors (Lipinski definition) is 0. The molecule has 0 fully saturated rings. The lowest BCUT2D eigenvalue weighted by Gasteiger charge is -2.15. The van der Waals surface area contributed by atoms with Gasteiger partial charge in [-0.1, -0.05) is 83.4 Å². The molecule has 0 aliphatic carbocycles. The minimum Gasteiger partial charge on any atom is -0.424 e. The van der Waals surface area contributed by atoms with E-state index in [0.717, 1.165) is 31.2 Å². The zero-order valence-electron chi connectivity index (χ0n) is 16.0. The lowest BCUT2D eigenvalue weighted by molar-refractivity contribution is -0.142. The second kappa shape index (κ2) is 14.3. The molecule has 0 aliphatic rings. The standard InChI is InChI=1S/C21H35O3P/c1-3-5-7-8-9-10-11-14-18-15-12-13-17-19(18)23-21(22)20(24-25)16-6-4-2/h12-13,15,17,20H,3-11,14,16,25H2,1-2H3. The van der Waals surface area contributed by atoms with Crippen LogP contribution in [0.3, 0.4) is 0 Å². The van der Waals surface area contributed by atoms with Crippen molar-refractivity contribution >= 4 is 15.4 Å². The van der Waals surface area contributed by atoms with Gasteiger partial charge in [0, 0.05) is 9.47 Å². The molecule has 0 radical (unpaired) electrons. The molecule has 0 N–H and O–H groups in total. The fraction of sp³-hybridized carbons (Fsp3) is 0.667. The molecule has 4 heteroatoms. The van der Waals surface area contributed by atoms with Crippen molar-refractivity contribution in [3.05, 3.63) is 29.8 Å². The molecule has 0 amide bonds. The lowest BCUT2D eigenvalue weighted by Crippen LogP contribution is -2.26. The number of para-hydroxylation sites is 1. The molecular formula is C21H35O3P. The predicted octanol–water partition coefficient (Wildman–Crippen LogP) is 6.25. The van der Waals surface area contributed by atoms with Gasteiger partial charge in [-0.3, -0.25) is 0 Å². The number of carbonyl (C=O) groups is 1. The van der Waals surface area contributed by atoms with E-state index in [1.165, 1.54) is 38.5 Å². The molecule has 1 rings (SSSR count). The van der Waals surface area contributed by atoms with E-state index in [1.807, 2.05) is 18.2 Å². The summed E-state index contributed by atoms with van der Waals surface area (Å²) in [5, 5.41) is 0. The molecule has 0 spiro atoms. The molecule has 0 saturated heterocycles. The zero-order chi connectivity index (χ0) is 18.3. The van der Waals surface area contributed by atoms with Crippen LogP contribution in [0.2, 0.25) is 0 Å². The maximum atomic E-state index is 12.3. The van der Waals surface area contributed by atoms with Crippen LogP contribution in [0.1, 0.15) is 83.6 Å². The molecule has 0 aliphatic heterocycles. The third-order valence-electron chi connectivity index (χ3n) is 4.48. The highest BCUT2D eigenvalue weighted by Gasteiger charge is 2.20. The molecule has 2 atom stereocenters. The highest BCUT2D eigenvalue weighted by atomic mass is 31.0. The van der Waals surface area contributed by atoms with Gasteiger partial charge in [0.25, 0.3) is 0 Å². The van der Waals surface area contributed by atoms with Gasteiger partial charge in [-0.05, 0) is 30.9 Å². The monoisotopic (exact) mass is 366 g/mol. The Balaban J connectivity index is 2.45. The van der Waals surface area contributed by atoms with E-state index in [9.17, 15) is 4.79 Å². The minimum absolute atomic E-state index is 0.296. The molecular weight excluding hydrogens is 331 g/mol. The minimum atomic E-state index is -0.503. The van der Waals surface area contributed by atoms with Crippen molar-refractivity contribution < 1.29 is 14.1 Å². The van der Waals surface area contributed by atoms with Crippen molar-refractivity contribution in [1.82, 2.24) is 0 Å². The number of carbonyl (C=O) groups excluding carboxylic acids is 1. The first kappa shape index (κ1) is 22.1. The SMILES string of the molecule is CCCCCCCCCc1ccccc1OC(=O)C(CCCC)OP. The van der Waals surface area contributed by atoms with Gasteiger partial charge >= 0.3 is 5.97 Å². The number of unbranched alkanes of at least 4 members (excludes halogenated alkanes) is 7. The Kier molecular flexibility index (Phi) is 12.6. The average molecular weight is 366 g/mol. The van der Waals surface area contributed by atoms with Gasteiger partial charge in [0.1, 0.15) is 5.75 Å². The van der Waals surface area contributed by atoms with Crippen LogP contribution in [0, 0.1) is 0 Å². The quantitative estimate of drug-likeness (QED) is 0.169. The maximum absolute atomic E-state index is 12.3. The highest BCUT2D eigenvalue weighted by Crippen LogP contribution is 2.22. The number of benzene rings is 1. The first-order chi connectivity index (χ1) is 12.2. The first-order valence-electron chi connectivity index (χ1n) is 9.88. The van der Waals surface area contributed by atoms with Crippen molar-refractivity contribution in [3.8, 4) is 5.75 Å². The summed E-state index contributed by atoms with van der Waals surface area (Å²) in [6.45, 7) is 4.34. The van der Waals surface area contributed by atoms with Crippen molar-refractivity contribution in [2.24, 2.45) is 0 Å². The Bertz CT molecular complexity index is 476. The topological polar surface area (TPSA) is 35.5 Å². The number of aryl methyl sites for hydroxylation is 1. The third kappa shape index (κ3) is 9.37. The van der Waals surface area contributed by atoms with E-state index in [0.29, 0.717) is 12.2 Å². The Hall–Kier alpha value is -0.920. The third-order valence-corrected chi connectivity index (χ3v) is 4.81. The van der Waals surface area contributed by atoms with Crippen molar-refractivity contribution in [1.29, 1.82) is 0 Å². The van der Waals surface area contributed by atoms with E-state index in [1.54, 1.807) is 0 Å². The largest absolute Gasteiger partial charge is 0.424 e. The van der Waals surface area contributed by atoms with Gasteiger partial charge in [0.2, 0.25) is 0 Å². The smallest absolute Gasteiger partial charge is 0.340 e. The molecule has 0 aromatic heterocycles. The van der Waals surface area contributed by atoms with Gasteiger partial charge in [0.05, 0.1) is 0 Å². The first-order valence-corrected chi connectivity index (χ1v) is 10.3. The summed E-state index contributed by atoms with van der Waals surface area (Å²) in [6, 6.07) is 7.87. The van der Waals surface area contributed by atoms with E-state index in [4.69, 9.17) is 9.26 Å². The van der Waals surface area contributed by atoms with Crippen LogP contribution < -0.4 is 4.74 Å². The summed E-state index contributed by atoms with van der Waals surface area (Å²) in [4.78, 5) is 12.3. The second-order valence-corrected chi connectivity index (χ2v) is 6.94. The van der Waals surface area contributed by atoms with Gasteiger partial charge in [0.15, 0.2) is 6.10 Å². The summed E-state index contributed by atoms with van der Waals surface area (Å²) in [7, 11) is 2.19. The summed E-state index contributed by atoms with van der Waals surface area (Å²) in [6.07, 6.45) is 12.1. The summed E-state index contributed by atoms with van der Waals surface area (Å²) < 4.78 is 10.8. The van der Waals surface area contributed by atoms with E-state index in [2.05, 4.69) is 29.4 Å². The van der Waals surface area contributed by atoms with Crippen LogP contribution in [-0.4, -0.2) is 12.1 Å². The molecule has 1 aromatic carbocycles. The zero-order valence-corrected chi connectivity index (χ0v) is 17.1. The fourth-order valence-corrected chi connectivity index (χ4v) is 3.13. The van der Waals surface area contributed by atoms with Crippen LogP contribution in [0.4, 0.5) is 0 Å². The molecule has 3 nitrogen and oxygen atoms in total. The number of rotatable bonds is 14. The van der Waals surface area contributed by atoms with Crippen LogP contribution >= 0.6 is 9.47 Å². The predicted molar refractivity (Wildman–Crippen MR) is 108 cm³/mol. The Morgan fingerprint density at radius 3 is 2.28 bits per heavy atom. The second-order valence-electron chi connectivity index (χ2n) is 6.67. The van der Waals surface area contributed by atoms with E-state index < -0.39 is 6.10 Å². The van der Waals surface area contributed by atoms with Crippen LogP contribution in [0.15, 0.2) is 24.3 Å². The van der Waals surface area contributed by atoms with Gasteiger partial charge in [-0.25, -0.2) is 4.79 Å². The van der Waals surface area contributed by atoms with Crippen LogP contribution in [0.5, 0.6) is 5.75 Å². The average Bonchev–Trinajstić information content (AvgIpc) is 2.63. The molecule has 2 unspecified atom stereocenters. The van der Waals surface area contributed by atoms with Crippen LogP contribution in [0.25, 0.3) is 0 Å². The number of esters is 1. The van der Waals surface area contributed by atoms with Gasteiger partial charge in [-0.15, -0.1) is 0 Å². The lowest BCUT2D eigenvalue weighted by atomic mass is 10.0. The summed E-state index contributed by atoms with van der Waals surface area (Å²) in [5.41, 5.74) is 1.11. The van der Waals surface area contributed by atoms with Gasteiger partial charge in [-0.2, -0.15) is 0 Å². The summed E-state index contributed by atoms with van der Waals surface area (Å²) in [5.74, 6) is 0.387. The molecule has 1 aromatic rings. The summed E-state index contributed by atoms with van der Waals surface area (Å²) >= 11 is 0. The Labute approximate surface area is 156 Å². The number of ether oxygens (including phenoxy) is 1. The van der Waals surface area contributed by atoms with Crippen molar-refractivity contribution in [2.75, 3.05) is 0 Å².